The normalized spacial score (nSPS) is 16.6. The summed E-state index contributed by atoms with van der Waals surface area (Å²) in [5, 5.41) is 12.4. The summed E-state index contributed by atoms with van der Waals surface area (Å²) in [6.45, 7) is 10.4. The van der Waals surface area contributed by atoms with Gasteiger partial charge in [-0.15, -0.1) is 0 Å². The van der Waals surface area contributed by atoms with E-state index >= 15 is 0 Å². The molecule has 0 aliphatic rings. The Hall–Kier alpha value is -0.610. The number of carbonyl (C=O) groups is 1. The predicted octanol–water partition coefficient (Wildman–Crippen LogP) is 2.81. The van der Waals surface area contributed by atoms with Crippen LogP contribution in [0, 0.1) is 0 Å². The van der Waals surface area contributed by atoms with E-state index in [1.54, 1.807) is 6.92 Å². The van der Waals surface area contributed by atoms with Crippen molar-refractivity contribution in [2.45, 2.75) is 78.0 Å². The molecule has 0 aromatic heterocycles. The molecular weight excluding hydrogens is 230 g/mol. The van der Waals surface area contributed by atoms with Crippen LogP contribution >= 0.6 is 0 Å². The largest absolute Gasteiger partial charge is 0.480 e. The Balaban J connectivity index is 4.19. The summed E-state index contributed by atoms with van der Waals surface area (Å²) in [7, 11) is 0. The highest BCUT2D eigenvalue weighted by molar-refractivity contribution is 5.78. The van der Waals surface area contributed by atoms with E-state index in [2.05, 4.69) is 12.2 Å². The van der Waals surface area contributed by atoms with Gasteiger partial charge in [0.25, 0.3) is 0 Å². The van der Waals surface area contributed by atoms with Crippen LogP contribution in [0.5, 0.6) is 0 Å². The zero-order valence-corrected chi connectivity index (χ0v) is 12.5. The van der Waals surface area contributed by atoms with Crippen LogP contribution in [0.15, 0.2) is 0 Å². The van der Waals surface area contributed by atoms with Gasteiger partial charge in [-0.2, -0.15) is 0 Å². The molecule has 0 saturated heterocycles. The number of rotatable bonds is 10. The second-order valence-corrected chi connectivity index (χ2v) is 5.53. The third-order valence-electron chi connectivity index (χ3n) is 2.93. The molecule has 18 heavy (non-hydrogen) atoms. The Kier molecular flexibility index (Phi) is 8.20. The molecule has 4 nitrogen and oxygen atoms in total. The van der Waals surface area contributed by atoms with Gasteiger partial charge < -0.3 is 9.84 Å². The van der Waals surface area contributed by atoms with Gasteiger partial charge in [0.2, 0.25) is 0 Å². The molecule has 2 N–H and O–H groups in total. The maximum Gasteiger partial charge on any atom is 0.323 e. The summed E-state index contributed by atoms with van der Waals surface area (Å²) >= 11 is 0. The third kappa shape index (κ3) is 6.97. The second kappa shape index (κ2) is 8.48. The fourth-order valence-electron chi connectivity index (χ4n) is 2.12. The molecule has 0 aliphatic heterocycles. The number of carboxylic acids is 1. The average Bonchev–Trinajstić information content (AvgIpc) is 2.23. The fraction of sp³-hybridized carbons (Fsp3) is 0.929. The Morgan fingerprint density at radius 3 is 2.39 bits per heavy atom. The van der Waals surface area contributed by atoms with Crippen molar-refractivity contribution >= 4 is 5.97 Å². The lowest BCUT2D eigenvalue weighted by molar-refractivity contribution is -0.146. The van der Waals surface area contributed by atoms with Crippen molar-refractivity contribution in [2.75, 3.05) is 6.61 Å². The molecule has 2 unspecified atom stereocenters. The number of unbranched alkanes of at least 4 members (excludes halogenated alkanes) is 2. The van der Waals surface area contributed by atoms with E-state index in [1.807, 2.05) is 20.8 Å². The molecule has 0 aliphatic carbocycles. The molecule has 0 fully saturated rings. The van der Waals surface area contributed by atoms with Gasteiger partial charge >= 0.3 is 5.97 Å². The smallest absolute Gasteiger partial charge is 0.323 e. The van der Waals surface area contributed by atoms with Crippen LogP contribution in [-0.2, 0) is 9.53 Å². The summed E-state index contributed by atoms with van der Waals surface area (Å²) in [6, 6.07) is 0.137. The molecule has 0 heterocycles. The quantitative estimate of drug-likeness (QED) is 0.592. The molecule has 0 aromatic carbocycles. The van der Waals surface area contributed by atoms with Gasteiger partial charge in [0.1, 0.15) is 5.54 Å². The van der Waals surface area contributed by atoms with E-state index < -0.39 is 11.5 Å². The highest BCUT2D eigenvalue weighted by Gasteiger charge is 2.35. The molecular formula is C14H29NO3. The molecule has 2 atom stereocenters. The van der Waals surface area contributed by atoms with Crippen LogP contribution in [-0.4, -0.2) is 35.4 Å². The van der Waals surface area contributed by atoms with Crippen LogP contribution in [0.2, 0.25) is 0 Å². The van der Waals surface area contributed by atoms with Crippen LogP contribution < -0.4 is 5.32 Å². The van der Waals surface area contributed by atoms with Gasteiger partial charge in [-0.3, -0.25) is 10.1 Å². The summed E-state index contributed by atoms with van der Waals surface area (Å²) in [6.07, 6.45) is 3.80. The molecule has 0 aromatic rings. The van der Waals surface area contributed by atoms with Crippen molar-refractivity contribution in [3.8, 4) is 0 Å². The lowest BCUT2D eigenvalue weighted by atomic mass is 9.94. The van der Waals surface area contributed by atoms with Crippen molar-refractivity contribution in [3.63, 3.8) is 0 Å². The molecule has 0 rings (SSSR count). The van der Waals surface area contributed by atoms with Gasteiger partial charge in [0.05, 0.1) is 6.10 Å². The highest BCUT2D eigenvalue weighted by Crippen LogP contribution is 2.16. The molecule has 0 radical (unpaired) electrons. The summed E-state index contributed by atoms with van der Waals surface area (Å²) in [5.74, 6) is -0.819. The lowest BCUT2D eigenvalue weighted by Crippen LogP contribution is -2.54. The van der Waals surface area contributed by atoms with E-state index in [4.69, 9.17) is 4.74 Å². The minimum Gasteiger partial charge on any atom is -0.480 e. The maximum atomic E-state index is 11.4. The third-order valence-corrected chi connectivity index (χ3v) is 2.93. The van der Waals surface area contributed by atoms with Crippen molar-refractivity contribution in [3.05, 3.63) is 0 Å². The van der Waals surface area contributed by atoms with Crippen molar-refractivity contribution < 1.29 is 14.6 Å². The van der Waals surface area contributed by atoms with Crippen LogP contribution in [0.4, 0.5) is 0 Å². The molecule has 0 spiro atoms. The lowest BCUT2D eigenvalue weighted by Gasteiger charge is -2.31. The SMILES string of the molecule is CCCCCOC(C)CC(C)(NC(C)C)C(=O)O. The first-order valence-electron chi connectivity index (χ1n) is 6.94. The Morgan fingerprint density at radius 1 is 1.33 bits per heavy atom. The maximum absolute atomic E-state index is 11.4. The molecule has 108 valence electrons. The van der Waals surface area contributed by atoms with Crippen molar-refractivity contribution in [1.82, 2.24) is 5.32 Å². The van der Waals surface area contributed by atoms with Gasteiger partial charge in [0, 0.05) is 19.1 Å². The first-order chi connectivity index (χ1) is 8.31. The van der Waals surface area contributed by atoms with Crippen LogP contribution in [0.1, 0.15) is 60.3 Å². The van der Waals surface area contributed by atoms with Gasteiger partial charge in [-0.25, -0.2) is 0 Å². The molecule has 4 heteroatoms. The van der Waals surface area contributed by atoms with E-state index in [0.717, 1.165) is 12.8 Å². The van der Waals surface area contributed by atoms with Gasteiger partial charge in [0.15, 0.2) is 0 Å². The Labute approximate surface area is 111 Å². The van der Waals surface area contributed by atoms with Crippen LogP contribution in [0.3, 0.4) is 0 Å². The minimum atomic E-state index is -0.918. The fourth-order valence-corrected chi connectivity index (χ4v) is 2.12. The van der Waals surface area contributed by atoms with Gasteiger partial charge in [-0.1, -0.05) is 19.8 Å². The van der Waals surface area contributed by atoms with Crippen molar-refractivity contribution in [1.29, 1.82) is 0 Å². The van der Waals surface area contributed by atoms with Crippen molar-refractivity contribution in [2.24, 2.45) is 0 Å². The van der Waals surface area contributed by atoms with E-state index in [9.17, 15) is 9.90 Å². The molecule has 0 bridgehead atoms. The van der Waals surface area contributed by atoms with E-state index in [-0.39, 0.29) is 12.1 Å². The first-order valence-corrected chi connectivity index (χ1v) is 6.94. The summed E-state index contributed by atoms with van der Waals surface area (Å²) < 4.78 is 5.67. The average molecular weight is 259 g/mol. The Bertz CT molecular complexity index is 243. The number of carboxylic acid groups (broad SMARTS) is 1. The number of hydrogen-bond donors (Lipinski definition) is 2. The predicted molar refractivity (Wildman–Crippen MR) is 73.9 cm³/mol. The molecule has 0 amide bonds. The standard InChI is InChI=1S/C14H29NO3/c1-6-7-8-9-18-12(4)10-14(5,13(16)17)15-11(2)3/h11-12,15H,6-10H2,1-5H3,(H,16,17). The second-order valence-electron chi connectivity index (χ2n) is 5.53. The zero-order chi connectivity index (χ0) is 14.2. The first kappa shape index (κ1) is 17.4. The summed E-state index contributed by atoms with van der Waals surface area (Å²) in [5.41, 5.74) is -0.918. The zero-order valence-electron chi connectivity index (χ0n) is 12.5. The number of hydrogen-bond acceptors (Lipinski definition) is 3. The molecule has 0 saturated carbocycles. The monoisotopic (exact) mass is 259 g/mol. The summed E-state index contributed by atoms with van der Waals surface area (Å²) in [4.78, 5) is 11.4. The number of nitrogens with one attached hydrogen (secondary N) is 1. The Morgan fingerprint density at radius 2 is 1.94 bits per heavy atom. The van der Waals surface area contributed by atoms with E-state index in [1.165, 1.54) is 6.42 Å². The van der Waals surface area contributed by atoms with Gasteiger partial charge in [-0.05, 0) is 34.1 Å². The topological polar surface area (TPSA) is 58.6 Å². The van der Waals surface area contributed by atoms with E-state index in [0.29, 0.717) is 13.0 Å². The minimum absolute atomic E-state index is 0.0470. The number of aliphatic carboxylic acids is 1. The van der Waals surface area contributed by atoms with Crippen LogP contribution in [0.25, 0.3) is 0 Å². The highest BCUT2D eigenvalue weighted by atomic mass is 16.5. The number of ether oxygens (including phenoxy) is 1.